The molecule has 2 atom stereocenters. The van der Waals surface area contributed by atoms with Crippen molar-refractivity contribution < 1.29 is 10.2 Å². The van der Waals surface area contributed by atoms with E-state index in [1.165, 1.54) is 0 Å². The van der Waals surface area contributed by atoms with Gasteiger partial charge in [0, 0.05) is 12.6 Å². The third-order valence-corrected chi connectivity index (χ3v) is 3.85. The number of rotatable bonds is 4. The fraction of sp³-hybridized carbons (Fsp3) is 0.222. The Bertz CT molecular complexity index is 731. The smallest absolute Gasteiger partial charge is 0.159 e. The monoisotopic (exact) mass is 281 g/mol. The molecule has 0 bridgehead atoms. The molecule has 21 heavy (non-hydrogen) atoms. The summed E-state index contributed by atoms with van der Waals surface area (Å²) < 4.78 is 1.72. The molecular weight excluding hydrogens is 262 g/mol. The summed E-state index contributed by atoms with van der Waals surface area (Å²) in [5.74, 6) is 0. The molecule has 1 unspecified atom stereocenters. The summed E-state index contributed by atoms with van der Waals surface area (Å²) in [4.78, 5) is 0. The SMILES string of the molecule is C[C@](O)(Cc1ccccc1)C(O)n1ccc2ccccc21. The molecule has 0 amide bonds. The van der Waals surface area contributed by atoms with Crippen LogP contribution in [-0.2, 0) is 6.42 Å². The van der Waals surface area contributed by atoms with Crippen LogP contribution >= 0.6 is 0 Å². The number of fused-ring (bicyclic) bond motifs is 1. The summed E-state index contributed by atoms with van der Waals surface area (Å²) in [7, 11) is 0. The highest BCUT2D eigenvalue weighted by molar-refractivity contribution is 5.80. The summed E-state index contributed by atoms with van der Waals surface area (Å²) in [6.45, 7) is 1.67. The van der Waals surface area contributed by atoms with E-state index in [1.807, 2.05) is 66.9 Å². The van der Waals surface area contributed by atoms with E-state index in [4.69, 9.17) is 0 Å². The maximum Gasteiger partial charge on any atom is 0.159 e. The molecule has 0 fully saturated rings. The van der Waals surface area contributed by atoms with E-state index in [0.29, 0.717) is 6.42 Å². The Kier molecular flexibility index (Phi) is 3.53. The molecule has 2 N–H and O–H groups in total. The van der Waals surface area contributed by atoms with Gasteiger partial charge in [0.2, 0.25) is 0 Å². The molecule has 3 nitrogen and oxygen atoms in total. The number of hydrogen-bond donors (Lipinski definition) is 2. The van der Waals surface area contributed by atoms with Crippen LogP contribution in [0, 0.1) is 0 Å². The second-order valence-corrected chi connectivity index (χ2v) is 5.68. The molecule has 1 heterocycles. The first-order valence-corrected chi connectivity index (χ1v) is 7.08. The Morgan fingerprint density at radius 1 is 1.00 bits per heavy atom. The van der Waals surface area contributed by atoms with E-state index >= 15 is 0 Å². The molecule has 0 aliphatic rings. The molecule has 3 rings (SSSR count). The Morgan fingerprint density at radius 3 is 2.43 bits per heavy atom. The topological polar surface area (TPSA) is 45.4 Å². The third kappa shape index (κ3) is 2.71. The first kappa shape index (κ1) is 13.9. The van der Waals surface area contributed by atoms with Gasteiger partial charge in [-0.25, -0.2) is 0 Å². The number of aliphatic hydroxyl groups is 2. The van der Waals surface area contributed by atoms with Crippen molar-refractivity contribution in [1.82, 2.24) is 4.57 Å². The highest BCUT2D eigenvalue weighted by atomic mass is 16.4. The molecule has 1 aromatic heterocycles. The van der Waals surface area contributed by atoms with Crippen molar-refractivity contribution in [3.05, 3.63) is 72.4 Å². The van der Waals surface area contributed by atoms with Crippen LogP contribution in [0.5, 0.6) is 0 Å². The fourth-order valence-corrected chi connectivity index (χ4v) is 2.72. The van der Waals surface area contributed by atoms with E-state index < -0.39 is 11.8 Å². The molecule has 0 spiro atoms. The molecule has 108 valence electrons. The minimum Gasteiger partial charge on any atom is -0.385 e. The van der Waals surface area contributed by atoms with Gasteiger partial charge in [-0.2, -0.15) is 0 Å². The summed E-state index contributed by atoms with van der Waals surface area (Å²) in [6, 6.07) is 19.5. The van der Waals surface area contributed by atoms with Crippen LogP contribution in [0.4, 0.5) is 0 Å². The number of benzene rings is 2. The summed E-state index contributed by atoms with van der Waals surface area (Å²) in [5.41, 5.74) is 0.666. The van der Waals surface area contributed by atoms with Gasteiger partial charge in [-0.15, -0.1) is 0 Å². The molecule has 0 saturated carbocycles. The van der Waals surface area contributed by atoms with Gasteiger partial charge in [-0.3, -0.25) is 0 Å². The zero-order valence-electron chi connectivity index (χ0n) is 12.0. The van der Waals surface area contributed by atoms with Crippen molar-refractivity contribution in [3.8, 4) is 0 Å². The standard InChI is InChI=1S/C18H19NO2/c1-18(21,13-14-7-3-2-4-8-14)17(20)19-12-11-15-9-5-6-10-16(15)19/h2-12,17,20-21H,13H2,1H3/t17?,18-/m0/s1. The van der Waals surface area contributed by atoms with E-state index in [2.05, 4.69) is 0 Å². The molecule has 0 aliphatic carbocycles. The Hall–Kier alpha value is -2.10. The van der Waals surface area contributed by atoms with E-state index in [1.54, 1.807) is 11.5 Å². The number of para-hydroxylation sites is 1. The van der Waals surface area contributed by atoms with Gasteiger partial charge in [0.15, 0.2) is 6.23 Å². The van der Waals surface area contributed by atoms with Crippen LogP contribution in [0.25, 0.3) is 10.9 Å². The van der Waals surface area contributed by atoms with Crippen molar-refractivity contribution in [3.63, 3.8) is 0 Å². The van der Waals surface area contributed by atoms with Gasteiger partial charge < -0.3 is 14.8 Å². The molecule has 3 heteroatoms. The third-order valence-electron chi connectivity index (χ3n) is 3.85. The first-order chi connectivity index (χ1) is 10.1. The minimum absolute atomic E-state index is 0.390. The van der Waals surface area contributed by atoms with Crippen molar-refractivity contribution in [1.29, 1.82) is 0 Å². The van der Waals surface area contributed by atoms with E-state index in [9.17, 15) is 10.2 Å². The van der Waals surface area contributed by atoms with Gasteiger partial charge in [-0.1, -0.05) is 48.5 Å². The highest BCUT2D eigenvalue weighted by Gasteiger charge is 2.32. The lowest BCUT2D eigenvalue weighted by Crippen LogP contribution is -2.38. The van der Waals surface area contributed by atoms with Crippen molar-refractivity contribution in [2.45, 2.75) is 25.2 Å². The van der Waals surface area contributed by atoms with E-state index in [-0.39, 0.29) is 0 Å². The summed E-state index contributed by atoms with van der Waals surface area (Å²) >= 11 is 0. The van der Waals surface area contributed by atoms with Gasteiger partial charge in [0.05, 0.1) is 5.52 Å². The van der Waals surface area contributed by atoms with Crippen LogP contribution < -0.4 is 0 Å². The predicted octanol–water partition coefficient (Wildman–Crippen LogP) is 3.13. The van der Waals surface area contributed by atoms with Gasteiger partial charge in [0.25, 0.3) is 0 Å². The Labute approximate surface area is 124 Å². The molecule has 0 aliphatic heterocycles. The minimum atomic E-state index is -1.25. The van der Waals surface area contributed by atoms with Gasteiger partial charge in [0.1, 0.15) is 5.60 Å². The fourth-order valence-electron chi connectivity index (χ4n) is 2.72. The average Bonchev–Trinajstić information content (AvgIpc) is 2.91. The zero-order valence-corrected chi connectivity index (χ0v) is 12.0. The van der Waals surface area contributed by atoms with Crippen LogP contribution in [0.1, 0.15) is 18.7 Å². The number of aliphatic hydroxyl groups excluding tert-OH is 1. The van der Waals surface area contributed by atoms with Crippen molar-refractivity contribution in [2.24, 2.45) is 0 Å². The average molecular weight is 281 g/mol. The van der Waals surface area contributed by atoms with Crippen LogP contribution in [0.15, 0.2) is 66.9 Å². The second-order valence-electron chi connectivity index (χ2n) is 5.68. The maximum atomic E-state index is 10.7. The van der Waals surface area contributed by atoms with Gasteiger partial charge in [-0.05, 0) is 30.0 Å². The van der Waals surface area contributed by atoms with Crippen molar-refractivity contribution >= 4 is 10.9 Å². The first-order valence-electron chi connectivity index (χ1n) is 7.08. The van der Waals surface area contributed by atoms with E-state index in [0.717, 1.165) is 16.5 Å². The quantitative estimate of drug-likeness (QED) is 0.771. The lowest BCUT2D eigenvalue weighted by molar-refractivity contribution is -0.0987. The molecule has 0 radical (unpaired) electrons. The molecular formula is C18H19NO2. The Morgan fingerprint density at radius 2 is 1.67 bits per heavy atom. The largest absolute Gasteiger partial charge is 0.385 e. The lowest BCUT2D eigenvalue weighted by Gasteiger charge is -2.30. The van der Waals surface area contributed by atoms with Crippen LogP contribution in [-0.4, -0.2) is 20.4 Å². The second kappa shape index (κ2) is 5.35. The highest BCUT2D eigenvalue weighted by Crippen LogP contribution is 2.28. The number of nitrogens with zero attached hydrogens (tertiary/aromatic N) is 1. The van der Waals surface area contributed by atoms with Crippen LogP contribution in [0.2, 0.25) is 0 Å². The predicted molar refractivity (Wildman–Crippen MR) is 84.0 cm³/mol. The van der Waals surface area contributed by atoms with Gasteiger partial charge >= 0.3 is 0 Å². The maximum absolute atomic E-state index is 10.7. The summed E-state index contributed by atoms with van der Waals surface area (Å²) in [5, 5.41) is 22.4. The lowest BCUT2D eigenvalue weighted by atomic mass is 9.94. The number of aromatic nitrogens is 1. The van der Waals surface area contributed by atoms with Crippen molar-refractivity contribution in [2.75, 3.05) is 0 Å². The number of hydrogen-bond acceptors (Lipinski definition) is 2. The zero-order chi connectivity index (χ0) is 14.9. The molecule has 2 aromatic carbocycles. The molecule has 0 saturated heterocycles. The van der Waals surface area contributed by atoms with Crippen LogP contribution in [0.3, 0.4) is 0 Å². The Balaban J connectivity index is 1.91. The molecule has 3 aromatic rings. The normalized spacial score (nSPS) is 15.8. The summed E-state index contributed by atoms with van der Waals surface area (Å²) in [6.07, 6.45) is 1.20.